The highest BCUT2D eigenvalue weighted by molar-refractivity contribution is 7.07. The van der Waals surface area contributed by atoms with Gasteiger partial charge in [0.25, 0.3) is 0 Å². The van der Waals surface area contributed by atoms with Gasteiger partial charge < -0.3 is 0 Å². The van der Waals surface area contributed by atoms with Gasteiger partial charge in [0.15, 0.2) is 0 Å². The Balaban J connectivity index is 1.99. The van der Waals surface area contributed by atoms with Gasteiger partial charge in [-0.15, -0.1) is 17.9 Å². The van der Waals surface area contributed by atoms with Gasteiger partial charge in [0.05, 0.1) is 24.0 Å². The van der Waals surface area contributed by atoms with Crippen LogP contribution in [0.3, 0.4) is 0 Å². The van der Waals surface area contributed by atoms with E-state index in [0.717, 1.165) is 17.7 Å². The topological polar surface area (TPSA) is 29.6 Å². The first-order valence-electron chi connectivity index (χ1n) is 8.18. The lowest BCUT2D eigenvalue weighted by molar-refractivity contribution is -0.137. The number of hydrogen-bond donors (Lipinski definition) is 0. The van der Waals surface area contributed by atoms with Crippen LogP contribution >= 0.6 is 11.3 Å². The zero-order valence-corrected chi connectivity index (χ0v) is 15.3. The quantitative estimate of drug-likeness (QED) is 0.311. The van der Waals surface area contributed by atoms with Gasteiger partial charge in [-0.2, -0.15) is 18.3 Å². The molecule has 0 N–H and O–H groups in total. The van der Waals surface area contributed by atoms with Crippen LogP contribution in [0.15, 0.2) is 76.7 Å². The molecule has 28 heavy (non-hydrogen) atoms. The zero-order valence-electron chi connectivity index (χ0n) is 14.5. The molecule has 0 atom stereocenters. The maximum absolute atomic E-state index is 13.2. The normalized spacial score (nSPS) is 12.6. The summed E-state index contributed by atoms with van der Waals surface area (Å²) < 4.78 is 52.8. The number of hydrogen-bond acceptors (Lipinski definition) is 3. The van der Waals surface area contributed by atoms with E-state index >= 15 is 0 Å². The van der Waals surface area contributed by atoms with Gasteiger partial charge in [0, 0.05) is 10.9 Å². The Bertz CT molecular complexity index is 1040. The van der Waals surface area contributed by atoms with E-state index in [1.54, 1.807) is 22.9 Å². The second-order valence-electron chi connectivity index (χ2n) is 5.72. The maximum Gasteiger partial charge on any atom is 0.416 e. The van der Waals surface area contributed by atoms with Crippen LogP contribution in [0.1, 0.15) is 11.1 Å². The molecular weight excluding hydrogens is 390 g/mol. The Hall–Kier alpha value is -3.00. The smallest absolute Gasteiger partial charge is 0.253 e. The number of nitrogens with zero attached hydrogens (tertiary/aromatic N) is 3. The van der Waals surface area contributed by atoms with E-state index in [1.165, 1.54) is 41.8 Å². The SMILES string of the molecule is C=CCN=c1scc(-c2ccc(F)cc2)n1/N=C\c1ccc(C(F)(F)F)cc1. The molecule has 0 unspecified atom stereocenters. The maximum atomic E-state index is 13.2. The van der Waals surface area contributed by atoms with Gasteiger partial charge in [0.1, 0.15) is 5.82 Å². The third-order valence-corrected chi connectivity index (χ3v) is 4.60. The molecule has 3 nitrogen and oxygen atoms in total. The monoisotopic (exact) mass is 405 g/mol. The van der Waals surface area contributed by atoms with E-state index < -0.39 is 11.7 Å². The first-order valence-corrected chi connectivity index (χ1v) is 9.06. The highest BCUT2D eigenvalue weighted by Gasteiger charge is 2.29. The van der Waals surface area contributed by atoms with E-state index in [9.17, 15) is 17.6 Å². The number of rotatable bonds is 5. The van der Waals surface area contributed by atoms with Crippen LogP contribution in [-0.4, -0.2) is 17.4 Å². The molecule has 0 saturated heterocycles. The largest absolute Gasteiger partial charge is 0.416 e. The van der Waals surface area contributed by atoms with Crippen molar-refractivity contribution in [1.29, 1.82) is 0 Å². The molecule has 0 bridgehead atoms. The van der Waals surface area contributed by atoms with Crippen molar-refractivity contribution in [3.63, 3.8) is 0 Å². The molecule has 8 heteroatoms. The summed E-state index contributed by atoms with van der Waals surface area (Å²) >= 11 is 1.35. The second-order valence-corrected chi connectivity index (χ2v) is 6.55. The molecule has 1 aromatic heterocycles. The fraction of sp³-hybridized carbons (Fsp3) is 0.100. The second kappa shape index (κ2) is 8.35. The third kappa shape index (κ3) is 4.64. The minimum Gasteiger partial charge on any atom is -0.253 e. The van der Waals surface area contributed by atoms with E-state index in [2.05, 4.69) is 16.7 Å². The van der Waals surface area contributed by atoms with Crippen LogP contribution in [-0.2, 0) is 6.18 Å². The van der Waals surface area contributed by atoms with Crippen LogP contribution in [0.5, 0.6) is 0 Å². The van der Waals surface area contributed by atoms with Crippen molar-refractivity contribution in [2.45, 2.75) is 6.18 Å². The highest BCUT2D eigenvalue weighted by Crippen LogP contribution is 2.29. The molecule has 0 saturated carbocycles. The van der Waals surface area contributed by atoms with Crippen LogP contribution in [0.2, 0.25) is 0 Å². The first kappa shape index (κ1) is 19.8. The average molecular weight is 405 g/mol. The Labute approximate surface area is 162 Å². The molecule has 0 aliphatic rings. The summed E-state index contributed by atoms with van der Waals surface area (Å²) in [5.74, 6) is -0.352. The zero-order chi connectivity index (χ0) is 20.1. The van der Waals surface area contributed by atoms with Crippen LogP contribution < -0.4 is 4.80 Å². The lowest BCUT2D eigenvalue weighted by Crippen LogP contribution is -2.12. The van der Waals surface area contributed by atoms with Crippen molar-refractivity contribution >= 4 is 17.6 Å². The van der Waals surface area contributed by atoms with Gasteiger partial charge in [-0.05, 0) is 42.0 Å². The van der Waals surface area contributed by atoms with Crippen LogP contribution in [0.25, 0.3) is 11.3 Å². The number of thiazole rings is 1. The van der Waals surface area contributed by atoms with Gasteiger partial charge in [-0.3, -0.25) is 4.99 Å². The summed E-state index contributed by atoms with van der Waals surface area (Å²) in [5, 5.41) is 6.21. The molecule has 0 fully saturated rings. The summed E-state index contributed by atoms with van der Waals surface area (Å²) in [6, 6.07) is 10.6. The van der Waals surface area contributed by atoms with E-state index in [0.29, 0.717) is 22.6 Å². The molecule has 0 radical (unpaired) electrons. The number of aromatic nitrogens is 1. The van der Waals surface area contributed by atoms with Gasteiger partial charge in [0.2, 0.25) is 4.80 Å². The predicted molar refractivity (Wildman–Crippen MR) is 103 cm³/mol. The summed E-state index contributed by atoms with van der Waals surface area (Å²) in [4.78, 5) is 4.96. The van der Waals surface area contributed by atoms with Crippen molar-refractivity contribution in [3.8, 4) is 11.3 Å². The molecular formula is C20H15F4N3S. The molecule has 0 aliphatic heterocycles. The molecule has 3 rings (SSSR count). The van der Waals surface area contributed by atoms with Gasteiger partial charge >= 0.3 is 6.18 Å². The fourth-order valence-electron chi connectivity index (χ4n) is 2.36. The van der Waals surface area contributed by atoms with Crippen molar-refractivity contribution < 1.29 is 17.6 Å². The highest BCUT2D eigenvalue weighted by atomic mass is 32.1. The van der Waals surface area contributed by atoms with Gasteiger partial charge in [-0.25, -0.2) is 9.07 Å². The number of alkyl halides is 3. The Kier molecular flexibility index (Phi) is 5.89. The molecule has 3 aromatic rings. The van der Waals surface area contributed by atoms with E-state index in [1.807, 2.05) is 5.38 Å². The molecule has 1 heterocycles. The molecule has 0 amide bonds. The lowest BCUT2D eigenvalue weighted by atomic mass is 10.1. The van der Waals surface area contributed by atoms with E-state index in [-0.39, 0.29) is 5.82 Å². The van der Waals surface area contributed by atoms with Crippen molar-refractivity contribution in [2.75, 3.05) is 6.54 Å². The summed E-state index contributed by atoms with van der Waals surface area (Å²) in [7, 11) is 0. The van der Waals surface area contributed by atoms with Crippen LogP contribution in [0.4, 0.5) is 17.6 Å². The standard InChI is InChI=1S/C20H15F4N3S/c1-2-11-25-19-27(18(13-28-19)15-5-9-17(21)10-6-15)26-12-14-3-7-16(8-4-14)20(22,23)24/h2-10,12-13H,1,11H2/b25-19?,26-12-. The molecule has 0 aliphatic carbocycles. The lowest BCUT2D eigenvalue weighted by Gasteiger charge is -2.06. The van der Waals surface area contributed by atoms with Crippen molar-refractivity contribution in [1.82, 2.24) is 4.68 Å². The van der Waals surface area contributed by atoms with E-state index in [4.69, 9.17) is 0 Å². The van der Waals surface area contributed by atoms with Crippen molar-refractivity contribution in [2.24, 2.45) is 10.1 Å². The average Bonchev–Trinajstić information content (AvgIpc) is 3.07. The molecule has 2 aromatic carbocycles. The minimum atomic E-state index is -4.38. The molecule has 144 valence electrons. The number of benzene rings is 2. The molecule has 0 spiro atoms. The summed E-state index contributed by atoms with van der Waals surface area (Å²) in [6.45, 7) is 4.02. The Morgan fingerprint density at radius 2 is 1.71 bits per heavy atom. The number of halogens is 4. The Morgan fingerprint density at radius 3 is 2.32 bits per heavy atom. The van der Waals surface area contributed by atoms with Crippen molar-refractivity contribution in [3.05, 3.63) is 88.3 Å². The summed E-state index contributed by atoms with van der Waals surface area (Å²) in [5.41, 5.74) is 1.21. The van der Waals surface area contributed by atoms with Crippen LogP contribution in [0, 0.1) is 5.82 Å². The first-order chi connectivity index (χ1) is 13.4. The third-order valence-electron chi connectivity index (χ3n) is 3.74. The predicted octanol–water partition coefficient (Wildman–Crippen LogP) is 5.34. The fourth-order valence-corrected chi connectivity index (χ4v) is 3.21. The van der Waals surface area contributed by atoms with Gasteiger partial charge in [-0.1, -0.05) is 18.2 Å². The summed E-state index contributed by atoms with van der Waals surface area (Å²) in [6.07, 6.45) is -1.29. The Morgan fingerprint density at radius 1 is 1.04 bits per heavy atom. The minimum absolute atomic E-state index is 0.352.